The van der Waals surface area contributed by atoms with Crippen molar-refractivity contribution >= 4 is 17.4 Å². The van der Waals surface area contributed by atoms with E-state index in [1.54, 1.807) is 18.3 Å². The van der Waals surface area contributed by atoms with Crippen LogP contribution in [0.2, 0.25) is 0 Å². The van der Waals surface area contributed by atoms with Gasteiger partial charge in [0.2, 0.25) is 0 Å². The Hall–Kier alpha value is -2.36. The van der Waals surface area contributed by atoms with Crippen LogP contribution < -0.4 is 10.6 Å². The van der Waals surface area contributed by atoms with Crippen LogP contribution >= 0.6 is 0 Å². The molecule has 0 spiro atoms. The van der Waals surface area contributed by atoms with Crippen molar-refractivity contribution in [3.05, 3.63) is 53.2 Å². The number of aromatic nitrogens is 1. The largest absolute Gasteiger partial charge is 0.352 e. The molecule has 0 bridgehead atoms. The van der Waals surface area contributed by atoms with Crippen LogP contribution in [0.4, 0.5) is 11.5 Å². The van der Waals surface area contributed by atoms with Crippen LogP contribution in [0.25, 0.3) is 0 Å². The Kier molecular flexibility index (Phi) is 6.15. The van der Waals surface area contributed by atoms with E-state index in [-0.39, 0.29) is 5.91 Å². The maximum atomic E-state index is 12.2. The van der Waals surface area contributed by atoms with E-state index < -0.39 is 0 Å². The lowest BCUT2D eigenvalue weighted by atomic mass is 10.1. The van der Waals surface area contributed by atoms with Crippen LogP contribution in [0.5, 0.6) is 0 Å². The van der Waals surface area contributed by atoms with Gasteiger partial charge in [0.25, 0.3) is 5.91 Å². The third-order valence-corrected chi connectivity index (χ3v) is 3.74. The van der Waals surface area contributed by atoms with Gasteiger partial charge in [-0.3, -0.25) is 4.79 Å². The monoisotopic (exact) mass is 311 g/mol. The molecule has 122 valence electrons. The zero-order valence-corrected chi connectivity index (χ0v) is 14.1. The molecule has 2 aromatic rings. The van der Waals surface area contributed by atoms with Crippen LogP contribution in [0.3, 0.4) is 0 Å². The standard InChI is InChI=1S/C19H25N3O/c1-4-5-6-10-21-19(23)16-9-11-20-18(13-16)22-17-12-14(2)7-8-15(17)3/h7-9,11-13H,4-6,10H2,1-3H3,(H,20,22)(H,21,23). The highest BCUT2D eigenvalue weighted by atomic mass is 16.1. The van der Waals surface area contributed by atoms with E-state index in [9.17, 15) is 4.79 Å². The second-order valence-electron chi connectivity index (χ2n) is 5.84. The third-order valence-electron chi connectivity index (χ3n) is 3.74. The molecule has 0 aliphatic heterocycles. The molecule has 0 radical (unpaired) electrons. The van der Waals surface area contributed by atoms with Gasteiger partial charge in [0.15, 0.2) is 0 Å². The molecule has 0 aliphatic carbocycles. The average molecular weight is 311 g/mol. The number of nitrogens with zero attached hydrogens (tertiary/aromatic N) is 1. The fraction of sp³-hybridized carbons (Fsp3) is 0.368. The van der Waals surface area contributed by atoms with E-state index in [1.165, 1.54) is 5.56 Å². The molecule has 1 amide bonds. The molecule has 23 heavy (non-hydrogen) atoms. The summed E-state index contributed by atoms with van der Waals surface area (Å²) >= 11 is 0. The maximum Gasteiger partial charge on any atom is 0.251 e. The van der Waals surface area contributed by atoms with Crippen molar-refractivity contribution in [2.24, 2.45) is 0 Å². The summed E-state index contributed by atoms with van der Waals surface area (Å²) in [7, 11) is 0. The third kappa shape index (κ3) is 5.09. The Morgan fingerprint density at radius 2 is 1.96 bits per heavy atom. The first kappa shape index (κ1) is 17.0. The predicted molar refractivity (Wildman–Crippen MR) is 95.3 cm³/mol. The summed E-state index contributed by atoms with van der Waals surface area (Å²) in [4.78, 5) is 16.5. The molecular formula is C19H25N3O. The van der Waals surface area contributed by atoms with Crippen molar-refractivity contribution in [3.63, 3.8) is 0 Å². The normalized spacial score (nSPS) is 10.4. The summed E-state index contributed by atoms with van der Waals surface area (Å²) in [6.07, 6.45) is 4.96. The number of unbranched alkanes of at least 4 members (excludes halogenated alkanes) is 2. The second kappa shape index (κ2) is 8.32. The van der Waals surface area contributed by atoms with Gasteiger partial charge in [-0.2, -0.15) is 0 Å². The number of hydrogen-bond acceptors (Lipinski definition) is 3. The lowest BCUT2D eigenvalue weighted by Gasteiger charge is -2.11. The minimum absolute atomic E-state index is 0.0486. The van der Waals surface area contributed by atoms with Gasteiger partial charge in [-0.25, -0.2) is 4.98 Å². The van der Waals surface area contributed by atoms with Gasteiger partial charge in [0.1, 0.15) is 5.82 Å². The predicted octanol–water partition coefficient (Wildman–Crippen LogP) is 4.36. The quantitative estimate of drug-likeness (QED) is 0.747. The summed E-state index contributed by atoms with van der Waals surface area (Å²) in [6.45, 7) is 6.97. The molecule has 4 heteroatoms. The number of amides is 1. The molecule has 1 heterocycles. The molecule has 0 saturated heterocycles. The van der Waals surface area contributed by atoms with E-state index >= 15 is 0 Å². The van der Waals surface area contributed by atoms with Gasteiger partial charge >= 0.3 is 0 Å². The molecule has 2 rings (SSSR count). The topological polar surface area (TPSA) is 54.0 Å². The Labute approximate surface area is 138 Å². The lowest BCUT2D eigenvalue weighted by Crippen LogP contribution is -2.24. The Bertz CT molecular complexity index is 667. The number of hydrogen-bond donors (Lipinski definition) is 2. The molecule has 0 aliphatic rings. The number of rotatable bonds is 7. The van der Waals surface area contributed by atoms with Gasteiger partial charge in [0, 0.05) is 24.0 Å². The molecule has 0 saturated carbocycles. The van der Waals surface area contributed by atoms with E-state index in [1.807, 2.05) is 6.92 Å². The summed E-state index contributed by atoms with van der Waals surface area (Å²) in [5.41, 5.74) is 3.97. The summed E-state index contributed by atoms with van der Waals surface area (Å²) in [5.74, 6) is 0.632. The van der Waals surface area contributed by atoms with E-state index in [0.717, 1.165) is 37.1 Å². The summed E-state index contributed by atoms with van der Waals surface area (Å²) < 4.78 is 0. The number of nitrogens with one attached hydrogen (secondary N) is 2. The zero-order valence-electron chi connectivity index (χ0n) is 14.1. The first-order valence-electron chi connectivity index (χ1n) is 8.18. The minimum atomic E-state index is -0.0486. The van der Waals surface area contributed by atoms with E-state index in [4.69, 9.17) is 0 Å². The van der Waals surface area contributed by atoms with Crippen molar-refractivity contribution in [2.45, 2.75) is 40.0 Å². The van der Waals surface area contributed by atoms with Gasteiger partial charge in [0.05, 0.1) is 0 Å². The molecule has 1 aromatic carbocycles. The number of pyridine rings is 1. The first-order chi connectivity index (χ1) is 11.1. The highest BCUT2D eigenvalue weighted by molar-refractivity contribution is 5.94. The van der Waals surface area contributed by atoms with E-state index in [2.05, 4.69) is 47.7 Å². The van der Waals surface area contributed by atoms with E-state index in [0.29, 0.717) is 11.4 Å². The van der Waals surface area contributed by atoms with Crippen molar-refractivity contribution in [3.8, 4) is 0 Å². The number of carbonyl (C=O) groups is 1. The number of aryl methyl sites for hydroxylation is 2. The lowest BCUT2D eigenvalue weighted by molar-refractivity contribution is 0.0953. The first-order valence-corrected chi connectivity index (χ1v) is 8.18. The molecule has 0 fully saturated rings. The van der Waals surface area contributed by atoms with Gasteiger partial charge in [-0.15, -0.1) is 0 Å². The number of anilines is 2. The Morgan fingerprint density at radius 1 is 1.13 bits per heavy atom. The van der Waals surface area contributed by atoms with Crippen LogP contribution in [0.1, 0.15) is 47.7 Å². The van der Waals surface area contributed by atoms with Gasteiger partial charge in [-0.1, -0.05) is 31.9 Å². The van der Waals surface area contributed by atoms with Crippen molar-refractivity contribution in [1.29, 1.82) is 0 Å². The van der Waals surface area contributed by atoms with Crippen LogP contribution in [0, 0.1) is 13.8 Å². The number of carbonyl (C=O) groups excluding carboxylic acids is 1. The molecule has 1 aromatic heterocycles. The summed E-state index contributed by atoms with van der Waals surface area (Å²) in [5, 5.41) is 6.24. The molecule has 4 nitrogen and oxygen atoms in total. The number of benzene rings is 1. The van der Waals surface area contributed by atoms with Crippen LogP contribution in [-0.4, -0.2) is 17.4 Å². The Morgan fingerprint density at radius 3 is 2.74 bits per heavy atom. The highest BCUT2D eigenvalue weighted by Gasteiger charge is 2.07. The van der Waals surface area contributed by atoms with Crippen molar-refractivity contribution in [2.75, 3.05) is 11.9 Å². The molecule has 0 unspecified atom stereocenters. The zero-order chi connectivity index (χ0) is 16.7. The fourth-order valence-electron chi connectivity index (χ4n) is 2.33. The van der Waals surface area contributed by atoms with Crippen molar-refractivity contribution < 1.29 is 4.79 Å². The fourth-order valence-corrected chi connectivity index (χ4v) is 2.33. The molecule has 2 N–H and O–H groups in total. The highest BCUT2D eigenvalue weighted by Crippen LogP contribution is 2.21. The maximum absolute atomic E-state index is 12.2. The van der Waals surface area contributed by atoms with Gasteiger partial charge in [-0.05, 0) is 49.6 Å². The Balaban J connectivity index is 2.04. The smallest absolute Gasteiger partial charge is 0.251 e. The second-order valence-corrected chi connectivity index (χ2v) is 5.84. The molecule has 0 atom stereocenters. The van der Waals surface area contributed by atoms with Gasteiger partial charge < -0.3 is 10.6 Å². The minimum Gasteiger partial charge on any atom is -0.352 e. The van der Waals surface area contributed by atoms with Crippen LogP contribution in [-0.2, 0) is 0 Å². The molecular weight excluding hydrogens is 286 g/mol. The van der Waals surface area contributed by atoms with Crippen LogP contribution in [0.15, 0.2) is 36.5 Å². The summed E-state index contributed by atoms with van der Waals surface area (Å²) in [6, 6.07) is 9.75. The van der Waals surface area contributed by atoms with Crippen molar-refractivity contribution in [1.82, 2.24) is 10.3 Å². The average Bonchev–Trinajstić information content (AvgIpc) is 2.55. The SMILES string of the molecule is CCCCCNC(=O)c1ccnc(Nc2cc(C)ccc2C)c1.